The van der Waals surface area contributed by atoms with Crippen molar-refractivity contribution in [2.75, 3.05) is 13.2 Å². The first kappa shape index (κ1) is 28.0. The first-order valence-electron chi connectivity index (χ1n) is 11.8. The lowest BCUT2D eigenvalue weighted by Crippen LogP contribution is -2.31. The van der Waals surface area contributed by atoms with Gasteiger partial charge in [0.25, 0.3) is 0 Å². The number of nitrogens with zero attached hydrogens (tertiary/aromatic N) is 2. The minimum Gasteiger partial charge on any atom is -0.493 e. The highest BCUT2D eigenvalue weighted by atomic mass is 19.1. The summed E-state index contributed by atoms with van der Waals surface area (Å²) < 4.78 is 43.1. The molecule has 0 aliphatic carbocycles. The van der Waals surface area contributed by atoms with Crippen molar-refractivity contribution in [3.63, 3.8) is 0 Å². The molecule has 1 aromatic carbocycles. The zero-order valence-corrected chi connectivity index (χ0v) is 20.4. The fourth-order valence-corrected chi connectivity index (χ4v) is 3.54. The smallest absolute Gasteiger partial charge is 0.202 e. The van der Waals surface area contributed by atoms with Crippen molar-refractivity contribution in [3.05, 3.63) is 47.6 Å². The first-order valence-corrected chi connectivity index (χ1v) is 11.8. The number of nitrogens with two attached hydrogens (primary N) is 2. The van der Waals surface area contributed by atoms with E-state index < -0.39 is 17.9 Å². The van der Waals surface area contributed by atoms with E-state index in [1.807, 2.05) is 23.9 Å². The SMILES string of the molecule is CCC(CC(F)C(C)C(=N)N)OCCCn1ccn(CCCOc2ccc(C(=N)N)c(F)c2)c1=N. The van der Waals surface area contributed by atoms with Gasteiger partial charge in [0.15, 0.2) is 0 Å². The van der Waals surface area contributed by atoms with Crippen molar-refractivity contribution in [2.24, 2.45) is 17.4 Å². The summed E-state index contributed by atoms with van der Waals surface area (Å²) in [6.45, 7) is 5.51. The molecule has 3 atom stereocenters. The van der Waals surface area contributed by atoms with E-state index in [1.54, 1.807) is 17.6 Å². The van der Waals surface area contributed by atoms with Crippen LogP contribution in [0.3, 0.4) is 0 Å². The molecule has 0 aliphatic rings. The van der Waals surface area contributed by atoms with Crippen LogP contribution in [0.25, 0.3) is 0 Å². The number of hydrogen-bond donors (Lipinski definition) is 5. The van der Waals surface area contributed by atoms with Gasteiger partial charge in [0.1, 0.15) is 23.6 Å². The van der Waals surface area contributed by atoms with Gasteiger partial charge >= 0.3 is 0 Å². The molecule has 7 N–H and O–H groups in total. The van der Waals surface area contributed by atoms with Gasteiger partial charge in [-0.05, 0) is 31.4 Å². The van der Waals surface area contributed by atoms with E-state index in [4.69, 9.17) is 37.2 Å². The van der Waals surface area contributed by atoms with E-state index >= 15 is 0 Å². The van der Waals surface area contributed by atoms with Gasteiger partial charge in [0.05, 0.1) is 24.1 Å². The molecule has 1 aromatic heterocycles. The Morgan fingerprint density at radius 3 is 2.26 bits per heavy atom. The monoisotopic (exact) mass is 493 g/mol. The second kappa shape index (κ2) is 13.6. The highest BCUT2D eigenvalue weighted by Gasteiger charge is 2.23. The van der Waals surface area contributed by atoms with Crippen LogP contribution in [0, 0.1) is 28.0 Å². The number of aromatic nitrogens is 2. The maximum atomic E-state index is 14.2. The van der Waals surface area contributed by atoms with Crippen molar-refractivity contribution in [1.29, 1.82) is 16.2 Å². The average molecular weight is 494 g/mol. The molecule has 1 heterocycles. The molecule has 2 aromatic rings. The summed E-state index contributed by atoms with van der Waals surface area (Å²) >= 11 is 0. The number of rotatable bonds is 16. The first-order chi connectivity index (χ1) is 16.6. The Labute approximate surface area is 204 Å². The Bertz CT molecular complexity index is 1040. The summed E-state index contributed by atoms with van der Waals surface area (Å²) in [6, 6.07) is 4.19. The van der Waals surface area contributed by atoms with E-state index in [0.717, 1.165) is 0 Å². The Hall–Kier alpha value is -3.21. The zero-order chi connectivity index (χ0) is 26.0. The molecule has 0 aliphatic heterocycles. The van der Waals surface area contributed by atoms with Gasteiger partial charge in [-0.15, -0.1) is 0 Å². The predicted molar refractivity (Wildman–Crippen MR) is 131 cm³/mol. The number of aryl methyl sites for hydroxylation is 2. The van der Waals surface area contributed by atoms with Gasteiger partial charge in [-0.1, -0.05) is 13.8 Å². The number of ether oxygens (including phenoxy) is 2. The van der Waals surface area contributed by atoms with Crippen LogP contribution in [0.1, 0.15) is 45.1 Å². The van der Waals surface area contributed by atoms with Gasteiger partial charge in [0, 0.05) is 50.5 Å². The minimum absolute atomic E-state index is 0.0397. The predicted octanol–water partition coefficient (Wildman–Crippen LogP) is 3.15. The number of amidine groups is 2. The standard InChI is InChI=1S/C24H37F2N7O2/c1-3-17(14-20(25)16(2)22(27)28)34-12-4-8-32-10-11-33(24(32)31)9-5-13-35-18-6-7-19(23(29)30)21(26)15-18/h6-7,10-11,15-17,20,31H,3-5,8-9,12-14H2,1-2H3,(H3,27,28)(H3,29,30). The number of benzene rings is 1. The summed E-state index contributed by atoms with van der Waals surface area (Å²) in [5.74, 6) is -1.34. The Kier molecular flexibility index (Phi) is 10.9. The third-order valence-electron chi connectivity index (χ3n) is 5.89. The maximum absolute atomic E-state index is 14.2. The molecule has 0 radical (unpaired) electrons. The lowest BCUT2D eigenvalue weighted by atomic mass is 9.98. The van der Waals surface area contributed by atoms with Gasteiger partial charge < -0.3 is 30.1 Å². The van der Waals surface area contributed by atoms with Crippen LogP contribution in [0.15, 0.2) is 30.6 Å². The third kappa shape index (κ3) is 8.50. The second-order valence-corrected chi connectivity index (χ2v) is 8.52. The summed E-state index contributed by atoms with van der Waals surface area (Å²) in [4.78, 5) is 0. The highest BCUT2D eigenvalue weighted by molar-refractivity contribution is 5.95. The van der Waals surface area contributed by atoms with Crippen LogP contribution in [-0.2, 0) is 17.8 Å². The fraction of sp³-hybridized carbons (Fsp3) is 0.542. The lowest BCUT2D eigenvalue weighted by molar-refractivity contribution is 0.0218. The largest absolute Gasteiger partial charge is 0.493 e. The average Bonchev–Trinajstić information content (AvgIpc) is 3.16. The van der Waals surface area contributed by atoms with Gasteiger partial charge in [0.2, 0.25) is 5.62 Å². The molecular formula is C24H37F2N7O2. The van der Waals surface area contributed by atoms with Gasteiger partial charge in [-0.3, -0.25) is 16.2 Å². The molecule has 9 nitrogen and oxygen atoms in total. The number of alkyl halides is 1. The topological polar surface area (TPSA) is 152 Å². The third-order valence-corrected chi connectivity index (χ3v) is 5.89. The molecule has 0 saturated heterocycles. The lowest BCUT2D eigenvalue weighted by Gasteiger charge is -2.21. The summed E-state index contributed by atoms with van der Waals surface area (Å²) in [5.41, 5.74) is 11.1. The molecule has 0 fully saturated rings. The fourth-order valence-electron chi connectivity index (χ4n) is 3.54. The van der Waals surface area contributed by atoms with E-state index in [-0.39, 0.29) is 29.8 Å². The Balaban J connectivity index is 1.72. The van der Waals surface area contributed by atoms with Crippen LogP contribution < -0.4 is 21.8 Å². The summed E-state index contributed by atoms with van der Waals surface area (Å²) in [5, 5.41) is 23.0. The van der Waals surface area contributed by atoms with E-state index in [2.05, 4.69) is 0 Å². The molecule has 11 heteroatoms. The van der Waals surface area contributed by atoms with E-state index in [9.17, 15) is 8.78 Å². The molecule has 0 spiro atoms. The van der Waals surface area contributed by atoms with Crippen molar-refractivity contribution in [3.8, 4) is 5.75 Å². The van der Waals surface area contributed by atoms with Crippen LogP contribution in [0.4, 0.5) is 8.78 Å². The summed E-state index contributed by atoms with van der Waals surface area (Å²) in [7, 11) is 0. The summed E-state index contributed by atoms with van der Waals surface area (Å²) in [6.07, 6.45) is 4.42. The molecule has 0 saturated carbocycles. The quantitative estimate of drug-likeness (QED) is 0.139. The second-order valence-electron chi connectivity index (χ2n) is 8.52. The molecule has 0 amide bonds. The zero-order valence-electron chi connectivity index (χ0n) is 20.4. The van der Waals surface area contributed by atoms with Crippen molar-refractivity contribution < 1.29 is 18.3 Å². The number of nitrogen functional groups attached to an aromatic ring is 1. The number of nitrogens with one attached hydrogen (secondary N) is 3. The molecule has 0 bridgehead atoms. The van der Waals surface area contributed by atoms with Crippen LogP contribution in [-0.4, -0.2) is 46.3 Å². The van der Waals surface area contributed by atoms with E-state index in [0.29, 0.717) is 56.9 Å². The Morgan fingerprint density at radius 1 is 1.09 bits per heavy atom. The van der Waals surface area contributed by atoms with Crippen LogP contribution in [0.5, 0.6) is 5.75 Å². The van der Waals surface area contributed by atoms with Crippen LogP contribution in [0.2, 0.25) is 0 Å². The molecule has 35 heavy (non-hydrogen) atoms. The molecule has 2 rings (SSSR count). The van der Waals surface area contributed by atoms with Crippen LogP contribution >= 0.6 is 0 Å². The number of halogens is 2. The highest BCUT2D eigenvalue weighted by Crippen LogP contribution is 2.18. The number of hydrogen-bond acceptors (Lipinski definition) is 5. The van der Waals surface area contributed by atoms with Gasteiger partial charge in [-0.25, -0.2) is 8.78 Å². The molecule has 194 valence electrons. The maximum Gasteiger partial charge on any atom is 0.202 e. The molecule has 3 unspecified atom stereocenters. The normalized spacial score (nSPS) is 13.8. The number of imidazole rings is 1. The van der Waals surface area contributed by atoms with Crippen molar-refractivity contribution >= 4 is 11.7 Å². The van der Waals surface area contributed by atoms with Crippen molar-refractivity contribution in [1.82, 2.24) is 9.13 Å². The minimum atomic E-state index is -1.20. The van der Waals surface area contributed by atoms with Crippen molar-refractivity contribution in [2.45, 2.75) is 64.9 Å². The van der Waals surface area contributed by atoms with E-state index in [1.165, 1.54) is 12.1 Å². The Morgan fingerprint density at radius 2 is 1.71 bits per heavy atom. The molecular weight excluding hydrogens is 456 g/mol. The van der Waals surface area contributed by atoms with Gasteiger partial charge in [-0.2, -0.15) is 0 Å².